The molecule has 0 aliphatic carbocycles. The highest BCUT2D eigenvalue weighted by Crippen LogP contribution is 2.27. The van der Waals surface area contributed by atoms with Crippen LogP contribution in [0.2, 0.25) is 10.0 Å². The van der Waals surface area contributed by atoms with Crippen LogP contribution in [0.5, 0.6) is 0 Å². The Hall–Kier alpha value is -0.290. The first-order chi connectivity index (χ1) is 7.43. The van der Waals surface area contributed by atoms with Crippen molar-refractivity contribution >= 4 is 33.0 Å². The zero-order valence-corrected chi connectivity index (χ0v) is 11.1. The van der Waals surface area contributed by atoms with E-state index in [1.807, 2.05) is 0 Å². The molecular weight excluding hydrogens is 269 g/mol. The third kappa shape index (κ3) is 2.69. The maximum absolute atomic E-state index is 12.1. The summed E-state index contributed by atoms with van der Waals surface area (Å²) in [5.74, 6) is 0. The summed E-state index contributed by atoms with van der Waals surface area (Å²) in [6.07, 6.45) is 0.471. The van der Waals surface area contributed by atoms with Gasteiger partial charge in [0.05, 0.1) is 20.2 Å². The lowest BCUT2D eigenvalue weighted by Crippen LogP contribution is -2.29. The second-order valence-electron chi connectivity index (χ2n) is 3.39. The Morgan fingerprint density at radius 1 is 1.31 bits per heavy atom. The van der Waals surface area contributed by atoms with Crippen molar-refractivity contribution in [2.75, 3.05) is 6.54 Å². The van der Waals surface area contributed by atoms with Gasteiger partial charge in [0, 0.05) is 6.54 Å². The van der Waals surface area contributed by atoms with Gasteiger partial charge in [0.2, 0.25) is 0 Å². The number of hydrogen-bond acceptors (Lipinski definition) is 3. The molecule has 2 N–H and O–H groups in total. The molecule has 1 rings (SSSR count). The molecule has 0 saturated heterocycles. The molecule has 0 heterocycles. The minimum Gasteiger partial charge on any atom is -0.329 e. The molecule has 0 aliphatic rings. The van der Waals surface area contributed by atoms with E-state index in [1.165, 1.54) is 18.2 Å². The molecule has 0 radical (unpaired) electrons. The number of sulfone groups is 1. The fraction of sp³-hybridized carbons (Fsp3) is 0.400. The molecule has 0 amide bonds. The van der Waals surface area contributed by atoms with E-state index < -0.39 is 15.1 Å². The van der Waals surface area contributed by atoms with Crippen molar-refractivity contribution in [3.05, 3.63) is 28.2 Å². The van der Waals surface area contributed by atoms with Crippen LogP contribution in [0.25, 0.3) is 0 Å². The summed E-state index contributed by atoms with van der Waals surface area (Å²) in [4.78, 5) is 0.166. The van der Waals surface area contributed by atoms with Gasteiger partial charge in [0.15, 0.2) is 9.84 Å². The van der Waals surface area contributed by atoms with Crippen LogP contribution in [-0.2, 0) is 9.84 Å². The van der Waals surface area contributed by atoms with E-state index in [9.17, 15) is 8.42 Å². The standard InChI is InChI=1S/C10H13Cl2NO2S/c1-2-7(6-13)16(14,15)8-3-4-9(11)10(12)5-8/h3-5,7H,2,6,13H2,1H3. The Kier molecular flexibility index (Phi) is 4.62. The van der Waals surface area contributed by atoms with Crippen LogP contribution in [0.4, 0.5) is 0 Å². The zero-order chi connectivity index (χ0) is 12.3. The smallest absolute Gasteiger partial charge is 0.182 e. The number of nitrogens with two attached hydrogens (primary N) is 1. The van der Waals surface area contributed by atoms with Crippen LogP contribution < -0.4 is 5.73 Å². The fourth-order valence-corrected chi connectivity index (χ4v) is 3.34. The Labute approximate surface area is 105 Å². The van der Waals surface area contributed by atoms with Crippen LogP contribution in [0, 0.1) is 0 Å². The van der Waals surface area contributed by atoms with Crippen LogP contribution in [0.15, 0.2) is 23.1 Å². The molecular formula is C10H13Cl2NO2S. The summed E-state index contributed by atoms with van der Waals surface area (Å²) in [6, 6.07) is 4.28. The summed E-state index contributed by atoms with van der Waals surface area (Å²) < 4.78 is 24.2. The average Bonchev–Trinajstić information content (AvgIpc) is 2.23. The topological polar surface area (TPSA) is 60.2 Å². The van der Waals surface area contributed by atoms with Gasteiger partial charge in [-0.3, -0.25) is 0 Å². The quantitative estimate of drug-likeness (QED) is 0.923. The summed E-state index contributed by atoms with van der Waals surface area (Å²) in [6.45, 7) is 1.88. The molecule has 0 bridgehead atoms. The minimum atomic E-state index is -3.41. The molecule has 6 heteroatoms. The highest BCUT2D eigenvalue weighted by molar-refractivity contribution is 7.92. The van der Waals surface area contributed by atoms with Crippen LogP contribution in [0.1, 0.15) is 13.3 Å². The number of rotatable bonds is 4. The molecule has 1 unspecified atom stereocenters. The highest BCUT2D eigenvalue weighted by Gasteiger charge is 2.25. The third-order valence-electron chi connectivity index (χ3n) is 2.38. The lowest BCUT2D eigenvalue weighted by molar-refractivity contribution is 0.576. The van der Waals surface area contributed by atoms with Gasteiger partial charge in [-0.15, -0.1) is 0 Å². The van der Waals surface area contributed by atoms with Crippen molar-refractivity contribution in [3.63, 3.8) is 0 Å². The molecule has 0 aliphatic heterocycles. The number of benzene rings is 1. The SMILES string of the molecule is CCC(CN)S(=O)(=O)c1ccc(Cl)c(Cl)c1. The van der Waals surface area contributed by atoms with Gasteiger partial charge in [-0.2, -0.15) is 0 Å². The summed E-state index contributed by atoms with van der Waals surface area (Å²) in [5, 5.41) is -0.0132. The molecule has 1 aromatic rings. The second kappa shape index (κ2) is 5.36. The van der Waals surface area contributed by atoms with E-state index >= 15 is 0 Å². The Morgan fingerprint density at radius 3 is 2.38 bits per heavy atom. The van der Waals surface area contributed by atoms with E-state index in [2.05, 4.69) is 0 Å². The van der Waals surface area contributed by atoms with Crippen molar-refractivity contribution < 1.29 is 8.42 Å². The molecule has 16 heavy (non-hydrogen) atoms. The van der Waals surface area contributed by atoms with Gasteiger partial charge in [-0.25, -0.2) is 8.42 Å². The summed E-state index contributed by atoms with van der Waals surface area (Å²) in [7, 11) is -3.41. The highest BCUT2D eigenvalue weighted by atomic mass is 35.5. The molecule has 3 nitrogen and oxygen atoms in total. The second-order valence-corrected chi connectivity index (χ2v) is 6.43. The maximum Gasteiger partial charge on any atom is 0.182 e. The Bertz CT molecular complexity index is 470. The Balaban J connectivity index is 3.22. The van der Waals surface area contributed by atoms with Crippen molar-refractivity contribution in [3.8, 4) is 0 Å². The van der Waals surface area contributed by atoms with Crippen molar-refractivity contribution in [2.24, 2.45) is 5.73 Å². The number of hydrogen-bond donors (Lipinski definition) is 1. The fourth-order valence-electron chi connectivity index (χ4n) is 1.36. The largest absolute Gasteiger partial charge is 0.329 e. The summed E-state index contributed by atoms with van der Waals surface area (Å²) in [5.41, 5.74) is 5.44. The average molecular weight is 282 g/mol. The first-order valence-corrected chi connectivity index (χ1v) is 7.12. The maximum atomic E-state index is 12.1. The van der Waals surface area contributed by atoms with Crippen molar-refractivity contribution in [2.45, 2.75) is 23.5 Å². The van der Waals surface area contributed by atoms with Gasteiger partial charge < -0.3 is 5.73 Å². The molecule has 1 atom stereocenters. The van der Waals surface area contributed by atoms with Crippen LogP contribution in [0.3, 0.4) is 0 Å². The van der Waals surface area contributed by atoms with E-state index in [0.717, 1.165) is 0 Å². The zero-order valence-electron chi connectivity index (χ0n) is 8.78. The first-order valence-electron chi connectivity index (χ1n) is 4.82. The van der Waals surface area contributed by atoms with Gasteiger partial charge >= 0.3 is 0 Å². The molecule has 0 fully saturated rings. The lowest BCUT2D eigenvalue weighted by atomic mass is 10.3. The monoisotopic (exact) mass is 281 g/mol. The molecule has 1 aromatic carbocycles. The minimum absolute atomic E-state index is 0.0963. The number of halogens is 2. The van der Waals surface area contributed by atoms with Crippen molar-refractivity contribution in [1.82, 2.24) is 0 Å². The van der Waals surface area contributed by atoms with E-state index in [1.54, 1.807) is 6.92 Å². The molecule has 0 saturated carbocycles. The Morgan fingerprint density at radius 2 is 1.94 bits per heavy atom. The predicted octanol–water partition coefficient (Wildman–Crippen LogP) is 2.50. The third-order valence-corrected chi connectivity index (χ3v) is 5.43. The van der Waals surface area contributed by atoms with Crippen LogP contribution >= 0.6 is 23.2 Å². The molecule has 0 spiro atoms. The molecule has 90 valence electrons. The normalized spacial score (nSPS) is 13.8. The summed E-state index contributed by atoms with van der Waals surface area (Å²) >= 11 is 11.5. The van der Waals surface area contributed by atoms with Gasteiger partial charge in [0.25, 0.3) is 0 Å². The van der Waals surface area contributed by atoms with E-state index in [-0.39, 0.29) is 16.5 Å². The van der Waals surface area contributed by atoms with Gasteiger partial charge in [-0.1, -0.05) is 30.1 Å². The van der Waals surface area contributed by atoms with Gasteiger partial charge in [0.1, 0.15) is 0 Å². The lowest BCUT2D eigenvalue weighted by Gasteiger charge is -2.13. The van der Waals surface area contributed by atoms with Crippen molar-refractivity contribution in [1.29, 1.82) is 0 Å². The molecule has 0 aromatic heterocycles. The van der Waals surface area contributed by atoms with Crippen LogP contribution in [-0.4, -0.2) is 20.2 Å². The first kappa shape index (κ1) is 13.8. The van der Waals surface area contributed by atoms with E-state index in [4.69, 9.17) is 28.9 Å². The predicted molar refractivity (Wildman–Crippen MR) is 66.8 cm³/mol. The van der Waals surface area contributed by atoms with Gasteiger partial charge in [-0.05, 0) is 24.6 Å². The van der Waals surface area contributed by atoms with E-state index in [0.29, 0.717) is 11.4 Å².